The summed E-state index contributed by atoms with van der Waals surface area (Å²) in [5, 5.41) is 14.5. The van der Waals surface area contributed by atoms with E-state index in [1.807, 2.05) is 12.1 Å². The van der Waals surface area contributed by atoms with E-state index in [1.54, 1.807) is 13.2 Å². The number of hydrogen-bond donors (Lipinski definition) is 2. The summed E-state index contributed by atoms with van der Waals surface area (Å²) in [7, 11) is 1.60. The fourth-order valence-electron chi connectivity index (χ4n) is 5.80. The molecule has 6 heteroatoms. The SMILES string of the molecule is COc1cccc(CNC2C3CCN(CC3)C2C(c2ccccc2)c2ccccc2)c1O.Cl.Cl. The summed E-state index contributed by atoms with van der Waals surface area (Å²) in [4.78, 5) is 2.69. The molecular formula is C28H34Cl2N2O2. The van der Waals surface area contributed by atoms with Crippen LogP contribution in [-0.4, -0.2) is 42.3 Å². The lowest BCUT2D eigenvalue weighted by Crippen LogP contribution is -2.64. The highest BCUT2D eigenvalue weighted by atomic mass is 35.5. The van der Waals surface area contributed by atoms with Crippen LogP contribution in [-0.2, 0) is 6.54 Å². The smallest absolute Gasteiger partial charge is 0.162 e. The number of rotatable bonds is 7. The first-order valence-corrected chi connectivity index (χ1v) is 11.7. The van der Waals surface area contributed by atoms with E-state index in [9.17, 15) is 5.11 Å². The first-order valence-electron chi connectivity index (χ1n) is 11.7. The van der Waals surface area contributed by atoms with Crippen LogP contribution in [0.2, 0.25) is 0 Å². The molecule has 3 aliphatic rings. The Morgan fingerprint density at radius 1 is 0.882 bits per heavy atom. The predicted molar refractivity (Wildman–Crippen MR) is 143 cm³/mol. The number of benzene rings is 3. The zero-order valence-electron chi connectivity index (χ0n) is 19.5. The van der Waals surface area contributed by atoms with E-state index in [0.717, 1.165) is 18.7 Å². The molecule has 3 aromatic carbocycles. The quantitative estimate of drug-likeness (QED) is 0.441. The van der Waals surface area contributed by atoms with Gasteiger partial charge in [0.25, 0.3) is 0 Å². The highest BCUT2D eigenvalue weighted by Gasteiger charge is 2.46. The Kier molecular flexibility index (Phi) is 9.26. The maximum Gasteiger partial charge on any atom is 0.162 e. The van der Waals surface area contributed by atoms with Crippen LogP contribution in [0.1, 0.15) is 35.4 Å². The molecule has 2 N–H and O–H groups in total. The second kappa shape index (κ2) is 11.9. The number of piperidine rings is 3. The van der Waals surface area contributed by atoms with E-state index >= 15 is 0 Å². The molecule has 6 rings (SSSR count). The van der Waals surface area contributed by atoms with Gasteiger partial charge in [0.1, 0.15) is 0 Å². The van der Waals surface area contributed by atoms with E-state index in [0.29, 0.717) is 36.2 Å². The van der Waals surface area contributed by atoms with E-state index in [-0.39, 0.29) is 30.6 Å². The van der Waals surface area contributed by atoms with Crippen LogP contribution in [0.4, 0.5) is 0 Å². The highest BCUT2D eigenvalue weighted by Crippen LogP contribution is 2.42. The van der Waals surface area contributed by atoms with E-state index in [4.69, 9.17) is 4.74 Å². The van der Waals surface area contributed by atoms with Crippen molar-refractivity contribution in [2.24, 2.45) is 5.92 Å². The van der Waals surface area contributed by atoms with Crippen LogP contribution < -0.4 is 10.1 Å². The maximum atomic E-state index is 10.6. The van der Waals surface area contributed by atoms with Crippen molar-refractivity contribution in [1.82, 2.24) is 10.2 Å². The number of fused-ring (bicyclic) bond motifs is 3. The van der Waals surface area contributed by atoms with Gasteiger partial charge in [-0.2, -0.15) is 0 Å². The van der Waals surface area contributed by atoms with E-state index < -0.39 is 0 Å². The van der Waals surface area contributed by atoms with Crippen molar-refractivity contribution in [1.29, 1.82) is 0 Å². The van der Waals surface area contributed by atoms with Crippen molar-refractivity contribution in [3.05, 3.63) is 95.6 Å². The number of aromatic hydroxyl groups is 1. The lowest BCUT2D eigenvalue weighted by atomic mass is 9.70. The van der Waals surface area contributed by atoms with Gasteiger partial charge in [-0.15, -0.1) is 24.8 Å². The molecule has 0 spiro atoms. The van der Waals surface area contributed by atoms with Gasteiger partial charge in [0.05, 0.1) is 7.11 Å². The van der Waals surface area contributed by atoms with Gasteiger partial charge in [0, 0.05) is 30.1 Å². The molecule has 2 bridgehead atoms. The van der Waals surface area contributed by atoms with Crippen molar-refractivity contribution in [3.63, 3.8) is 0 Å². The van der Waals surface area contributed by atoms with Crippen LogP contribution in [0.3, 0.4) is 0 Å². The Balaban J connectivity index is 0.00000162. The van der Waals surface area contributed by atoms with Crippen LogP contribution >= 0.6 is 24.8 Å². The third kappa shape index (κ3) is 5.21. The number of hydrogen-bond acceptors (Lipinski definition) is 4. The van der Waals surface area contributed by atoms with Gasteiger partial charge in [-0.3, -0.25) is 4.90 Å². The van der Waals surface area contributed by atoms with Crippen LogP contribution in [0.5, 0.6) is 11.5 Å². The molecule has 0 aromatic heterocycles. The van der Waals surface area contributed by atoms with Gasteiger partial charge in [0.2, 0.25) is 0 Å². The van der Waals surface area contributed by atoms with Gasteiger partial charge in [-0.25, -0.2) is 0 Å². The Bertz CT molecular complexity index is 988. The lowest BCUT2D eigenvalue weighted by molar-refractivity contribution is 0.00461. The Morgan fingerprint density at radius 3 is 2.03 bits per heavy atom. The molecule has 3 heterocycles. The second-order valence-corrected chi connectivity index (χ2v) is 9.04. The molecule has 3 fully saturated rings. The van der Waals surface area contributed by atoms with Crippen molar-refractivity contribution in [2.45, 2.75) is 37.4 Å². The molecule has 3 saturated heterocycles. The van der Waals surface area contributed by atoms with Crippen molar-refractivity contribution in [2.75, 3.05) is 20.2 Å². The molecule has 3 aliphatic heterocycles. The summed E-state index contributed by atoms with van der Waals surface area (Å²) in [6.45, 7) is 2.95. The maximum absolute atomic E-state index is 10.6. The molecule has 0 radical (unpaired) electrons. The third-order valence-corrected chi connectivity index (χ3v) is 7.36. The molecular weight excluding hydrogens is 467 g/mol. The topological polar surface area (TPSA) is 44.7 Å². The minimum atomic E-state index is 0. The molecule has 0 saturated carbocycles. The average molecular weight is 501 g/mol. The Labute approximate surface area is 215 Å². The van der Waals surface area contributed by atoms with Gasteiger partial charge < -0.3 is 15.2 Å². The molecule has 182 valence electrons. The number of ether oxygens (including phenoxy) is 1. The first kappa shape index (κ1) is 26.4. The number of nitrogens with zero attached hydrogens (tertiary/aromatic N) is 1. The standard InChI is InChI=1S/C28H32N2O2.2ClH/c1-32-24-14-8-13-23(28(24)31)19-29-26-22-15-17-30(18-16-22)27(26)25(20-9-4-2-5-10-20)21-11-6-3-7-12-21;;/h2-14,22,25-27,29,31H,15-19H2,1H3;2*1H. The fraction of sp³-hybridized carbons (Fsp3) is 0.357. The number of halogens is 2. The summed E-state index contributed by atoms with van der Waals surface area (Å²) in [5.41, 5.74) is 3.62. The van der Waals surface area contributed by atoms with Crippen LogP contribution in [0.15, 0.2) is 78.9 Å². The fourth-order valence-corrected chi connectivity index (χ4v) is 5.80. The summed E-state index contributed by atoms with van der Waals surface area (Å²) in [5.74, 6) is 1.72. The number of phenols is 1. The molecule has 4 nitrogen and oxygen atoms in total. The van der Waals surface area contributed by atoms with Crippen molar-refractivity contribution < 1.29 is 9.84 Å². The predicted octanol–water partition coefficient (Wildman–Crippen LogP) is 5.63. The number of para-hydroxylation sites is 1. The number of methoxy groups -OCH3 is 1. The van der Waals surface area contributed by atoms with Gasteiger partial charge in [0.15, 0.2) is 11.5 Å². The zero-order valence-corrected chi connectivity index (χ0v) is 21.1. The van der Waals surface area contributed by atoms with Gasteiger partial charge in [-0.1, -0.05) is 72.8 Å². The van der Waals surface area contributed by atoms with E-state index in [1.165, 1.54) is 24.0 Å². The molecule has 0 amide bonds. The first-order chi connectivity index (χ1) is 15.8. The number of phenolic OH excluding ortho intramolecular Hbond substituents is 1. The van der Waals surface area contributed by atoms with Crippen molar-refractivity contribution >= 4 is 24.8 Å². The van der Waals surface area contributed by atoms with Gasteiger partial charge >= 0.3 is 0 Å². The second-order valence-electron chi connectivity index (χ2n) is 9.04. The van der Waals surface area contributed by atoms with Crippen molar-refractivity contribution in [3.8, 4) is 11.5 Å². The van der Waals surface area contributed by atoms with Crippen LogP contribution in [0.25, 0.3) is 0 Å². The summed E-state index contributed by atoms with van der Waals surface area (Å²) in [6, 6.07) is 28.3. The molecule has 34 heavy (non-hydrogen) atoms. The lowest BCUT2D eigenvalue weighted by Gasteiger charge is -2.54. The molecule has 2 unspecified atom stereocenters. The average Bonchev–Trinajstić information content (AvgIpc) is 2.86. The normalized spacial score (nSPS) is 23.1. The summed E-state index contributed by atoms with van der Waals surface area (Å²) >= 11 is 0. The number of nitrogens with one attached hydrogen (secondary N) is 1. The minimum Gasteiger partial charge on any atom is -0.504 e. The van der Waals surface area contributed by atoms with Crippen LogP contribution in [0, 0.1) is 5.92 Å². The Hall–Kier alpha value is -2.24. The minimum absolute atomic E-state index is 0. The molecule has 2 atom stereocenters. The molecule has 0 aliphatic carbocycles. The monoisotopic (exact) mass is 500 g/mol. The zero-order chi connectivity index (χ0) is 21.9. The third-order valence-electron chi connectivity index (χ3n) is 7.36. The summed E-state index contributed by atoms with van der Waals surface area (Å²) < 4.78 is 5.32. The largest absolute Gasteiger partial charge is 0.504 e. The molecule has 3 aromatic rings. The van der Waals surface area contributed by atoms with E-state index in [2.05, 4.69) is 70.9 Å². The summed E-state index contributed by atoms with van der Waals surface area (Å²) in [6.07, 6.45) is 2.46. The Morgan fingerprint density at radius 2 is 1.47 bits per heavy atom. The highest BCUT2D eigenvalue weighted by molar-refractivity contribution is 5.85. The van der Waals surface area contributed by atoms with Gasteiger partial charge in [-0.05, 0) is 49.0 Å².